The molecule has 3 heteroatoms. The molecule has 1 aromatic heterocycles. The van der Waals surface area contributed by atoms with E-state index >= 15 is 0 Å². The molecule has 0 bridgehead atoms. The van der Waals surface area contributed by atoms with Crippen LogP contribution in [0.3, 0.4) is 0 Å². The molecule has 0 aliphatic carbocycles. The first-order valence-corrected chi connectivity index (χ1v) is 5.87. The first-order valence-electron chi connectivity index (χ1n) is 4.28. The molecule has 14 heavy (non-hydrogen) atoms. The van der Waals surface area contributed by atoms with E-state index in [1.807, 2.05) is 30.2 Å². The van der Waals surface area contributed by atoms with Crippen molar-refractivity contribution in [2.24, 2.45) is 0 Å². The fraction of sp³-hybridized carbons (Fsp3) is 0. The van der Waals surface area contributed by atoms with Gasteiger partial charge in [-0.15, -0.1) is 0 Å². The Morgan fingerprint density at radius 1 is 0.929 bits per heavy atom. The zero-order valence-electron chi connectivity index (χ0n) is 7.37. The molecule has 0 spiro atoms. The SMILES string of the molecule is Brc1ccbc(-c2ccccc2)c1Br. The topological polar surface area (TPSA) is 0 Å². The molecule has 0 amide bonds. The van der Waals surface area contributed by atoms with E-state index in [4.69, 9.17) is 0 Å². The average Bonchev–Trinajstić information content (AvgIpc) is 2.23. The predicted octanol–water partition coefficient (Wildman–Crippen LogP) is 4.22. The fourth-order valence-electron chi connectivity index (χ4n) is 1.34. The summed E-state index contributed by atoms with van der Waals surface area (Å²) < 4.78 is 2.19. The monoisotopic (exact) mass is 308 g/mol. The molecule has 1 aromatic carbocycles. The van der Waals surface area contributed by atoms with Gasteiger partial charge in [0.25, 0.3) is 0 Å². The quantitative estimate of drug-likeness (QED) is 0.740. The summed E-state index contributed by atoms with van der Waals surface area (Å²) in [5, 5.41) is 0. The van der Waals surface area contributed by atoms with E-state index in [-0.39, 0.29) is 0 Å². The van der Waals surface area contributed by atoms with Crippen LogP contribution in [-0.4, -0.2) is 6.91 Å². The summed E-state index contributed by atoms with van der Waals surface area (Å²) in [5.74, 6) is 2.04. The van der Waals surface area contributed by atoms with Gasteiger partial charge in [0.05, 0.1) is 0 Å². The molecule has 1 heterocycles. The van der Waals surface area contributed by atoms with Gasteiger partial charge in [-0.05, 0) is 0 Å². The maximum absolute atomic E-state index is 3.57. The molecule has 0 saturated carbocycles. The minimum atomic E-state index is 1.08. The van der Waals surface area contributed by atoms with Crippen molar-refractivity contribution in [2.45, 2.75) is 0 Å². The molecule has 0 saturated heterocycles. The second-order valence-electron chi connectivity index (χ2n) is 2.97. The third kappa shape index (κ3) is 1.99. The Labute approximate surface area is 101 Å². The zero-order chi connectivity index (χ0) is 9.97. The van der Waals surface area contributed by atoms with Crippen LogP contribution in [0.5, 0.6) is 0 Å². The second kappa shape index (κ2) is 4.41. The molecule has 68 valence electrons. The Bertz CT molecular complexity index is 440. The van der Waals surface area contributed by atoms with Crippen molar-refractivity contribution in [3.8, 4) is 11.0 Å². The Kier molecular flexibility index (Phi) is 3.19. The van der Waals surface area contributed by atoms with Crippen molar-refractivity contribution < 1.29 is 0 Å². The van der Waals surface area contributed by atoms with E-state index in [0.717, 1.165) is 8.95 Å². The van der Waals surface area contributed by atoms with Gasteiger partial charge in [-0.1, -0.05) is 0 Å². The normalized spacial score (nSPS) is 9.86. The van der Waals surface area contributed by atoms with Gasteiger partial charge in [-0.3, -0.25) is 0 Å². The number of hydrogen-bond acceptors (Lipinski definition) is 0. The van der Waals surface area contributed by atoms with Crippen LogP contribution >= 0.6 is 31.9 Å². The molecule has 0 nitrogen and oxygen atoms in total. The van der Waals surface area contributed by atoms with Crippen LogP contribution in [0, 0.1) is 0 Å². The van der Waals surface area contributed by atoms with Crippen LogP contribution in [-0.2, 0) is 0 Å². The van der Waals surface area contributed by atoms with Gasteiger partial charge in [0.1, 0.15) is 0 Å². The van der Waals surface area contributed by atoms with E-state index in [1.165, 1.54) is 11.0 Å². The number of hydrogen-bond donors (Lipinski definition) is 0. The first kappa shape index (κ1) is 10.1. The van der Waals surface area contributed by atoms with Crippen LogP contribution < -0.4 is 0 Å². The predicted molar refractivity (Wildman–Crippen MR) is 68.6 cm³/mol. The summed E-state index contributed by atoms with van der Waals surface area (Å²) in [6.07, 6.45) is 0. The van der Waals surface area contributed by atoms with Gasteiger partial charge in [0.15, 0.2) is 0 Å². The molecule has 2 rings (SSSR count). The standard InChI is InChI=1S/C11H7BBr2/c13-9-6-7-12-10(11(9)14)8-4-2-1-3-5-8/h1-7H. The molecule has 0 radical (unpaired) electrons. The van der Waals surface area contributed by atoms with Gasteiger partial charge in [0, 0.05) is 0 Å². The molecule has 2 aromatic rings. The molecule has 0 atom stereocenters. The van der Waals surface area contributed by atoms with Crippen LogP contribution in [0.15, 0.2) is 51.3 Å². The molecular weight excluding hydrogens is 303 g/mol. The summed E-state index contributed by atoms with van der Waals surface area (Å²) in [5.41, 5.74) is 2.43. The summed E-state index contributed by atoms with van der Waals surface area (Å²) in [6.45, 7) is 2.10. The van der Waals surface area contributed by atoms with Gasteiger partial charge in [0.2, 0.25) is 0 Å². The molecule has 0 aliphatic heterocycles. The van der Waals surface area contributed by atoms with Crippen LogP contribution in [0.1, 0.15) is 0 Å². The van der Waals surface area contributed by atoms with Crippen LogP contribution in [0.2, 0.25) is 0 Å². The van der Waals surface area contributed by atoms with E-state index in [0.29, 0.717) is 0 Å². The average molecular weight is 310 g/mol. The zero-order valence-corrected chi connectivity index (χ0v) is 10.5. The number of benzene rings is 1. The molecule has 0 N–H and O–H groups in total. The van der Waals surface area contributed by atoms with Gasteiger partial charge in [-0.2, -0.15) is 0 Å². The molecule has 0 fully saturated rings. The van der Waals surface area contributed by atoms with E-state index in [1.54, 1.807) is 0 Å². The maximum atomic E-state index is 3.57. The fourth-order valence-corrected chi connectivity index (χ4v) is 2.20. The van der Waals surface area contributed by atoms with E-state index in [2.05, 4.69) is 50.9 Å². The van der Waals surface area contributed by atoms with Crippen molar-refractivity contribution in [1.82, 2.24) is 0 Å². The van der Waals surface area contributed by atoms with Crippen molar-refractivity contribution in [1.29, 1.82) is 0 Å². The summed E-state index contributed by atoms with van der Waals surface area (Å²) in [4.78, 5) is 0. The van der Waals surface area contributed by atoms with Crippen LogP contribution in [0.25, 0.3) is 11.0 Å². The number of rotatable bonds is 1. The Morgan fingerprint density at radius 2 is 1.64 bits per heavy atom. The molecule has 0 unspecified atom stereocenters. The van der Waals surface area contributed by atoms with Crippen molar-refractivity contribution in [3.05, 3.63) is 51.3 Å². The van der Waals surface area contributed by atoms with Gasteiger partial charge < -0.3 is 0 Å². The third-order valence-electron chi connectivity index (χ3n) is 2.04. The van der Waals surface area contributed by atoms with E-state index < -0.39 is 0 Å². The Balaban J connectivity index is 2.58. The first-order chi connectivity index (χ1) is 6.79. The summed E-state index contributed by atoms with van der Waals surface area (Å²) in [6, 6.07) is 12.3. The van der Waals surface area contributed by atoms with Crippen molar-refractivity contribution in [2.75, 3.05) is 0 Å². The third-order valence-corrected chi connectivity index (χ3v) is 4.08. The van der Waals surface area contributed by atoms with Gasteiger partial charge >= 0.3 is 101 Å². The second-order valence-corrected chi connectivity index (χ2v) is 4.61. The van der Waals surface area contributed by atoms with Crippen molar-refractivity contribution >= 4 is 38.8 Å². The summed E-state index contributed by atoms with van der Waals surface area (Å²) >= 11 is 7.07. The van der Waals surface area contributed by atoms with Crippen LogP contribution in [0.4, 0.5) is 0 Å². The Hall–Kier alpha value is -0.405. The van der Waals surface area contributed by atoms with Gasteiger partial charge in [-0.25, -0.2) is 0 Å². The minimum absolute atomic E-state index is 1.08. The summed E-state index contributed by atoms with van der Waals surface area (Å²) in [7, 11) is 0. The molecule has 0 aliphatic rings. The Morgan fingerprint density at radius 3 is 2.36 bits per heavy atom. The molecular formula is C11H7BBr2. The van der Waals surface area contributed by atoms with E-state index in [9.17, 15) is 0 Å². The van der Waals surface area contributed by atoms with Crippen molar-refractivity contribution in [3.63, 3.8) is 0 Å². The number of halogens is 2.